The van der Waals surface area contributed by atoms with Gasteiger partial charge in [-0.3, -0.25) is 8.89 Å². The van der Waals surface area contributed by atoms with Crippen molar-refractivity contribution >= 4 is 28.1 Å². The van der Waals surface area contributed by atoms with Crippen molar-refractivity contribution in [3.63, 3.8) is 0 Å². The number of aryl methyl sites for hydroxylation is 2. The minimum absolute atomic E-state index is 0.382. The largest absolute Gasteiger partial charge is 0.399 e. The van der Waals surface area contributed by atoms with E-state index in [1.165, 1.54) is 0 Å². The van der Waals surface area contributed by atoms with Crippen LogP contribution in [0.5, 0.6) is 0 Å². The molecule has 0 saturated carbocycles. The lowest BCUT2D eigenvalue weighted by Gasteiger charge is -2.06. The van der Waals surface area contributed by atoms with E-state index in [-0.39, 0.29) is 0 Å². The van der Waals surface area contributed by atoms with Crippen LogP contribution in [0.1, 0.15) is 18.3 Å². The number of aromatic nitrogens is 2. The quantitative estimate of drug-likeness (QED) is 0.882. The number of nitrogens with two attached hydrogens (primary N) is 1. The van der Waals surface area contributed by atoms with Crippen LogP contribution in [0.15, 0.2) is 29.2 Å². The Morgan fingerprint density at radius 3 is 2.79 bits per heavy atom. The second kappa shape index (κ2) is 5.75. The molecule has 0 bridgehead atoms. The van der Waals surface area contributed by atoms with Crippen LogP contribution in [-0.2, 0) is 30.0 Å². The molecule has 19 heavy (non-hydrogen) atoms. The maximum atomic E-state index is 12.4. The Morgan fingerprint density at radius 1 is 1.42 bits per heavy atom. The molecular weight excluding hydrogens is 282 g/mol. The van der Waals surface area contributed by atoms with Gasteiger partial charge in [-0.25, -0.2) is 0 Å². The van der Waals surface area contributed by atoms with Gasteiger partial charge in [0.2, 0.25) is 0 Å². The van der Waals surface area contributed by atoms with Gasteiger partial charge in [-0.05, 0) is 30.7 Å². The van der Waals surface area contributed by atoms with Crippen LogP contribution >= 0.6 is 11.6 Å². The molecule has 1 atom stereocenters. The van der Waals surface area contributed by atoms with Crippen LogP contribution < -0.4 is 5.73 Å². The number of rotatable bonds is 4. The maximum absolute atomic E-state index is 12.4. The number of nitrogen functional groups attached to an aromatic ring is 1. The fourth-order valence-corrected chi connectivity index (χ4v) is 3.41. The molecule has 0 aliphatic heterocycles. The number of anilines is 1. The van der Waals surface area contributed by atoms with E-state index < -0.39 is 10.8 Å². The molecule has 2 rings (SSSR count). The zero-order valence-electron chi connectivity index (χ0n) is 10.9. The SMILES string of the molecule is CCc1cc(CS(=O)c2cc(N)ccc2Cl)n(C)n1. The van der Waals surface area contributed by atoms with E-state index in [1.54, 1.807) is 22.9 Å². The Labute approximate surface area is 120 Å². The van der Waals surface area contributed by atoms with Gasteiger partial charge in [0.05, 0.1) is 37.9 Å². The van der Waals surface area contributed by atoms with Crippen molar-refractivity contribution in [1.82, 2.24) is 9.78 Å². The van der Waals surface area contributed by atoms with Crippen LogP contribution in [0.2, 0.25) is 5.02 Å². The van der Waals surface area contributed by atoms with Gasteiger partial charge in [0.25, 0.3) is 0 Å². The molecule has 0 saturated heterocycles. The highest BCUT2D eigenvalue weighted by Gasteiger charge is 2.13. The molecule has 2 N–H and O–H groups in total. The highest BCUT2D eigenvalue weighted by atomic mass is 35.5. The minimum atomic E-state index is -1.23. The summed E-state index contributed by atoms with van der Waals surface area (Å²) in [5, 5.41) is 4.82. The summed E-state index contributed by atoms with van der Waals surface area (Å²) in [5.41, 5.74) is 8.18. The Kier molecular flexibility index (Phi) is 4.27. The van der Waals surface area contributed by atoms with Crippen LogP contribution in [0.3, 0.4) is 0 Å². The molecule has 0 aliphatic carbocycles. The molecule has 0 fully saturated rings. The predicted octanol–water partition coefficient (Wildman–Crippen LogP) is 2.53. The molecular formula is C13H16ClN3OS. The topological polar surface area (TPSA) is 60.9 Å². The first-order valence-corrected chi connectivity index (χ1v) is 7.66. The third-order valence-electron chi connectivity index (χ3n) is 2.87. The summed E-state index contributed by atoms with van der Waals surface area (Å²) in [6.45, 7) is 2.04. The van der Waals surface area contributed by atoms with Gasteiger partial charge in [0.15, 0.2) is 0 Å². The molecule has 4 nitrogen and oxygen atoms in total. The first-order chi connectivity index (χ1) is 9.01. The van der Waals surface area contributed by atoms with Gasteiger partial charge < -0.3 is 5.73 Å². The van der Waals surface area contributed by atoms with Crippen molar-refractivity contribution in [2.75, 3.05) is 5.73 Å². The van der Waals surface area contributed by atoms with Crippen molar-refractivity contribution in [2.24, 2.45) is 7.05 Å². The third-order valence-corrected chi connectivity index (χ3v) is 4.70. The number of nitrogens with zero attached hydrogens (tertiary/aromatic N) is 2. The van der Waals surface area contributed by atoms with Gasteiger partial charge in [-0.1, -0.05) is 18.5 Å². The average Bonchev–Trinajstić information content (AvgIpc) is 2.73. The van der Waals surface area contributed by atoms with Crippen molar-refractivity contribution in [3.05, 3.63) is 40.7 Å². The van der Waals surface area contributed by atoms with Crippen LogP contribution in [0.25, 0.3) is 0 Å². The second-order valence-electron chi connectivity index (χ2n) is 4.28. The number of halogens is 1. The first-order valence-electron chi connectivity index (χ1n) is 5.96. The summed E-state index contributed by atoms with van der Waals surface area (Å²) in [5.74, 6) is 0.382. The molecule has 6 heteroatoms. The molecule has 1 unspecified atom stereocenters. The van der Waals surface area contributed by atoms with Crippen molar-refractivity contribution in [3.8, 4) is 0 Å². The molecule has 0 aliphatic rings. The summed E-state index contributed by atoms with van der Waals surface area (Å²) in [7, 11) is 0.626. The van der Waals surface area contributed by atoms with Crippen molar-refractivity contribution < 1.29 is 4.21 Å². The standard InChI is InChI=1S/C13H16ClN3OS/c1-3-10-7-11(17(2)16-10)8-19(18)13-6-9(15)4-5-12(13)14/h4-7H,3,8,15H2,1-2H3. The predicted molar refractivity (Wildman–Crippen MR) is 78.6 cm³/mol. The normalized spacial score (nSPS) is 12.6. The van der Waals surface area contributed by atoms with E-state index in [4.69, 9.17) is 17.3 Å². The van der Waals surface area contributed by atoms with E-state index in [9.17, 15) is 4.21 Å². The first kappa shape index (κ1) is 14.1. The van der Waals surface area contributed by atoms with Gasteiger partial charge in [0.1, 0.15) is 0 Å². The number of benzene rings is 1. The summed E-state index contributed by atoms with van der Waals surface area (Å²) in [4.78, 5) is 0.570. The molecule has 0 amide bonds. The summed E-state index contributed by atoms with van der Waals surface area (Å²) in [6, 6.07) is 7.00. The lowest BCUT2D eigenvalue weighted by Crippen LogP contribution is -2.04. The Hall–Kier alpha value is -1.33. The Balaban J connectivity index is 2.25. The summed E-state index contributed by atoms with van der Waals surface area (Å²) in [6.07, 6.45) is 0.861. The molecule has 1 heterocycles. The summed E-state index contributed by atoms with van der Waals surface area (Å²) >= 11 is 6.06. The highest BCUT2D eigenvalue weighted by molar-refractivity contribution is 7.84. The van der Waals surface area contributed by atoms with E-state index in [0.717, 1.165) is 17.8 Å². The molecule has 1 aromatic heterocycles. The third kappa shape index (κ3) is 3.16. The summed E-state index contributed by atoms with van der Waals surface area (Å²) < 4.78 is 14.1. The highest BCUT2D eigenvalue weighted by Crippen LogP contribution is 2.24. The van der Waals surface area contributed by atoms with E-state index in [2.05, 4.69) is 5.10 Å². The average molecular weight is 298 g/mol. The fourth-order valence-electron chi connectivity index (χ4n) is 1.79. The van der Waals surface area contributed by atoms with E-state index in [0.29, 0.717) is 21.4 Å². The monoisotopic (exact) mass is 297 g/mol. The van der Waals surface area contributed by atoms with Gasteiger partial charge >= 0.3 is 0 Å². The zero-order chi connectivity index (χ0) is 14.0. The molecule has 102 valence electrons. The smallest absolute Gasteiger partial charge is 0.0703 e. The number of hydrogen-bond donors (Lipinski definition) is 1. The van der Waals surface area contributed by atoms with Gasteiger partial charge in [-0.2, -0.15) is 5.10 Å². The Morgan fingerprint density at radius 2 is 2.16 bits per heavy atom. The zero-order valence-corrected chi connectivity index (χ0v) is 12.5. The Bertz CT molecular complexity index is 624. The van der Waals surface area contributed by atoms with Crippen molar-refractivity contribution in [2.45, 2.75) is 24.0 Å². The van der Waals surface area contributed by atoms with Crippen LogP contribution in [-0.4, -0.2) is 14.0 Å². The molecule has 0 radical (unpaired) electrons. The van der Waals surface area contributed by atoms with Gasteiger partial charge in [0, 0.05) is 12.7 Å². The minimum Gasteiger partial charge on any atom is -0.399 e. The van der Waals surface area contributed by atoms with Crippen LogP contribution in [0, 0.1) is 0 Å². The molecule has 1 aromatic carbocycles. The van der Waals surface area contributed by atoms with Crippen molar-refractivity contribution in [1.29, 1.82) is 0 Å². The molecule has 0 spiro atoms. The fraction of sp³-hybridized carbons (Fsp3) is 0.308. The molecule has 2 aromatic rings. The lowest BCUT2D eigenvalue weighted by atomic mass is 10.3. The maximum Gasteiger partial charge on any atom is 0.0703 e. The second-order valence-corrected chi connectivity index (χ2v) is 6.11. The lowest BCUT2D eigenvalue weighted by molar-refractivity contribution is 0.675. The van der Waals surface area contributed by atoms with E-state index >= 15 is 0 Å². The number of hydrogen-bond acceptors (Lipinski definition) is 3. The van der Waals surface area contributed by atoms with Crippen LogP contribution in [0.4, 0.5) is 5.69 Å². The van der Waals surface area contributed by atoms with E-state index in [1.807, 2.05) is 20.0 Å². The van der Waals surface area contributed by atoms with Gasteiger partial charge in [-0.15, -0.1) is 0 Å².